The number of nitrogens with zero attached hydrogens (tertiary/aromatic N) is 2. The van der Waals surface area contributed by atoms with Crippen molar-refractivity contribution in [2.24, 2.45) is 22.7 Å². The third-order valence-electron chi connectivity index (χ3n) is 8.58. The Balaban J connectivity index is 1.27. The van der Waals surface area contributed by atoms with E-state index in [0.29, 0.717) is 18.9 Å². The molecule has 5 rings (SSSR count). The molecule has 9 heteroatoms. The predicted molar refractivity (Wildman–Crippen MR) is 114 cm³/mol. The molecule has 4 nitrogen and oxygen atoms in total. The quantitative estimate of drug-likeness (QED) is 0.593. The van der Waals surface area contributed by atoms with Crippen molar-refractivity contribution < 1.29 is 31.8 Å². The van der Waals surface area contributed by atoms with Crippen LogP contribution in [0.3, 0.4) is 0 Å². The number of benzene rings is 1. The first kappa shape index (κ1) is 23.7. The average Bonchev–Trinajstić information content (AvgIpc) is 3.12. The van der Waals surface area contributed by atoms with E-state index in [-0.39, 0.29) is 22.3 Å². The number of halogens is 5. The van der Waals surface area contributed by atoms with Crippen molar-refractivity contribution in [3.8, 4) is 0 Å². The van der Waals surface area contributed by atoms with E-state index in [1.165, 1.54) is 10.7 Å². The Kier molecular flexibility index (Phi) is 5.59. The van der Waals surface area contributed by atoms with E-state index in [2.05, 4.69) is 12.0 Å². The topological polar surface area (TPSA) is 47.3 Å². The summed E-state index contributed by atoms with van der Waals surface area (Å²) in [7, 11) is 0. The molecular formula is C25H29F5N2O2. The van der Waals surface area contributed by atoms with Crippen LogP contribution in [0, 0.1) is 34.3 Å². The Morgan fingerprint density at radius 1 is 1.29 bits per heavy atom. The van der Waals surface area contributed by atoms with Crippen molar-refractivity contribution in [2.45, 2.75) is 70.9 Å². The van der Waals surface area contributed by atoms with Crippen LogP contribution in [0.15, 0.2) is 24.4 Å². The Bertz CT molecular complexity index is 1090. The molecule has 3 aliphatic rings. The molecule has 1 aromatic heterocycles. The van der Waals surface area contributed by atoms with Gasteiger partial charge < -0.3 is 9.84 Å². The number of aromatic nitrogens is 2. The molecule has 1 aromatic carbocycles. The maximum atomic E-state index is 14.3. The molecule has 0 radical (unpaired) electrons. The van der Waals surface area contributed by atoms with E-state index >= 15 is 0 Å². The van der Waals surface area contributed by atoms with Crippen LogP contribution in [0.5, 0.6) is 0 Å². The normalized spacial score (nSPS) is 34.2. The lowest BCUT2D eigenvalue weighted by Gasteiger charge is -2.40. The van der Waals surface area contributed by atoms with E-state index in [1.54, 1.807) is 6.20 Å². The van der Waals surface area contributed by atoms with Gasteiger partial charge in [-0.25, -0.2) is 8.78 Å². The second kappa shape index (κ2) is 8.01. The molecule has 1 unspecified atom stereocenters. The van der Waals surface area contributed by atoms with Gasteiger partial charge in [-0.15, -0.1) is 0 Å². The first-order chi connectivity index (χ1) is 15.9. The number of hydrogen-bond acceptors (Lipinski definition) is 3. The molecule has 2 heterocycles. The molecule has 6 atom stereocenters. The average molecular weight is 485 g/mol. The minimum atomic E-state index is -4.67. The summed E-state index contributed by atoms with van der Waals surface area (Å²) in [6, 6.07) is 3.46. The van der Waals surface area contributed by atoms with Crippen LogP contribution in [0.4, 0.5) is 22.0 Å². The third kappa shape index (κ3) is 3.94. The van der Waals surface area contributed by atoms with Crippen LogP contribution in [0.1, 0.15) is 56.0 Å². The van der Waals surface area contributed by atoms with Gasteiger partial charge in [-0.05, 0) is 73.1 Å². The number of fused-ring (bicyclic) bond motifs is 1. The lowest BCUT2D eigenvalue weighted by atomic mass is 9.71. The first-order valence-corrected chi connectivity index (χ1v) is 11.8. The SMILES string of the molecule is C[C@H]1C[C@]2(CO[C@@H]1c1cc(F)ccc1F)C[C@]2(C)C1CCc2nn(C[C@@H](O)C(F)(F)F)cc2C1. The molecule has 0 bridgehead atoms. The molecule has 2 aliphatic carbocycles. The molecule has 1 saturated carbocycles. The smallest absolute Gasteiger partial charge is 0.382 e. The summed E-state index contributed by atoms with van der Waals surface area (Å²) in [6.07, 6.45) is -1.83. The molecule has 1 spiro atoms. The standard InChI is InChI=1S/C25H29F5N2O2/c1-14-9-24(13-34-22(14)18-8-17(26)4-5-19(18)27)12-23(24,2)16-3-6-20-15(7-16)10-32(31-20)11-21(33)25(28,29)30/h4-5,8,10,14,16,21-22,33H,3,6-7,9,11-13H2,1-2H3/t14-,16?,21+,22-,23+,24+/m0/s1. The molecule has 2 fully saturated rings. The first-order valence-electron chi connectivity index (χ1n) is 11.8. The van der Waals surface area contributed by atoms with Gasteiger partial charge >= 0.3 is 6.18 Å². The fourth-order valence-electron chi connectivity index (χ4n) is 6.56. The van der Waals surface area contributed by atoms with Crippen molar-refractivity contribution in [3.63, 3.8) is 0 Å². The zero-order valence-electron chi connectivity index (χ0n) is 19.2. The van der Waals surface area contributed by atoms with Crippen molar-refractivity contribution in [1.82, 2.24) is 9.78 Å². The number of aliphatic hydroxyl groups excluding tert-OH is 1. The minimum Gasteiger partial charge on any atom is -0.382 e. The summed E-state index contributed by atoms with van der Waals surface area (Å²) in [5, 5.41) is 13.7. The van der Waals surface area contributed by atoms with Gasteiger partial charge in [-0.1, -0.05) is 13.8 Å². The highest BCUT2D eigenvalue weighted by Crippen LogP contribution is 2.73. The van der Waals surface area contributed by atoms with E-state index in [9.17, 15) is 27.1 Å². The summed E-state index contributed by atoms with van der Waals surface area (Å²) in [5.41, 5.74) is 1.99. The van der Waals surface area contributed by atoms with Gasteiger partial charge in [-0.3, -0.25) is 4.68 Å². The van der Waals surface area contributed by atoms with Gasteiger partial charge in [0.1, 0.15) is 11.6 Å². The highest BCUT2D eigenvalue weighted by atomic mass is 19.4. The molecule has 1 saturated heterocycles. The fourth-order valence-corrected chi connectivity index (χ4v) is 6.56. The van der Waals surface area contributed by atoms with Crippen LogP contribution < -0.4 is 0 Å². The van der Waals surface area contributed by atoms with Gasteiger partial charge in [0.2, 0.25) is 0 Å². The third-order valence-corrected chi connectivity index (χ3v) is 8.58. The number of alkyl halides is 3. The second-order valence-corrected chi connectivity index (χ2v) is 10.8. The molecule has 1 N–H and O–H groups in total. The molecule has 0 amide bonds. The maximum Gasteiger partial charge on any atom is 0.416 e. The molecular weight excluding hydrogens is 455 g/mol. The van der Waals surface area contributed by atoms with Crippen molar-refractivity contribution in [3.05, 3.63) is 52.9 Å². The summed E-state index contributed by atoms with van der Waals surface area (Å²) in [5.74, 6) is -0.577. The number of aliphatic hydroxyl groups is 1. The second-order valence-electron chi connectivity index (χ2n) is 10.8. The van der Waals surface area contributed by atoms with Crippen LogP contribution in [-0.2, 0) is 24.1 Å². The van der Waals surface area contributed by atoms with Gasteiger partial charge in [0, 0.05) is 17.2 Å². The van der Waals surface area contributed by atoms with E-state index < -0.39 is 36.6 Å². The molecule has 2 aromatic rings. The van der Waals surface area contributed by atoms with Gasteiger partial charge in [0.05, 0.1) is 24.9 Å². The highest BCUT2D eigenvalue weighted by Gasteiger charge is 2.68. The van der Waals surface area contributed by atoms with E-state index in [4.69, 9.17) is 4.74 Å². The van der Waals surface area contributed by atoms with Crippen LogP contribution in [-0.4, -0.2) is 33.8 Å². The highest BCUT2D eigenvalue weighted by molar-refractivity contribution is 5.28. The Labute approximate surface area is 195 Å². The Morgan fingerprint density at radius 2 is 2.06 bits per heavy atom. The van der Waals surface area contributed by atoms with E-state index in [1.807, 2.05) is 6.92 Å². The largest absolute Gasteiger partial charge is 0.416 e. The maximum absolute atomic E-state index is 14.3. The lowest BCUT2D eigenvalue weighted by Crippen LogP contribution is -2.35. The summed E-state index contributed by atoms with van der Waals surface area (Å²) in [6.45, 7) is 4.14. The Morgan fingerprint density at radius 3 is 2.76 bits per heavy atom. The molecule has 34 heavy (non-hydrogen) atoms. The predicted octanol–water partition coefficient (Wildman–Crippen LogP) is 5.38. The van der Waals surface area contributed by atoms with E-state index in [0.717, 1.165) is 49.1 Å². The van der Waals surface area contributed by atoms with Gasteiger partial charge in [-0.2, -0.15) is 18.3 Å². The van der Waals surface area contributed by atoms with Crippen molar-refractivity contribution >= 4 is 0 Å². The zero-order chi connectivity index (χ0) is 24.5. The van der Waals surface area contributed by atoms with Gasteiger partial charge in [0.25, 0.3) is 0 Å². The Hall–Kier alpha value is -2.00. The number of aryl methyl sites for hydroxylation is 1. The monoisotopic (exact) mass is 484 g/mol. The minimum absolute atomic E-state index is 0.0119. The van der Waals surface area contributed by atoms with Crippen LogP contribution in [0.25, 0.3) is 0 Å². The number of rotatable bonds is 4. The summed E-state index contributed by atoms with van der Waals surface area (Å²) < 4.78 is 73.6. The number of ether oxygens (including phenoxy) is 1. The summed E-state index contributed by atoms with van der Waals surface area (Å²) in [4.78, 5) is 0. The lowest BCUT2D eigenvalue weighted by molar-refractivity contribution is -0.208. The van der Waals surface area contributed by atoms with Gasteiger partial charge in [0.15, 0.2) is 6.10 Å². The van der Waals surface area contributed by atoms with Crippen molar-refractivity contribution in [2.75, 3.05) is 6.61 Å². The zero-order valence-corrected chi connectivity index (χ0v) is 19.2. The molecule has 186 valence electrons. The summed E-state index contributed by atoms with van der Waals surface area (Å²) >= 11 is 0. The number of hydrogen-bond donors (Lipinski definition) is 1. The van der Waals surface area contributed by atoms with Crippen LogP contribution >= 0.6 is 0 Å². The molecule has 1 aliphatic heterocycles. The fraction of sp³-hybridized carbons (Fsp3) is 0.640. The van der Waals surface area contributed by atoms with Crippen LogP contribution in [0.2, 0.25) is 0 Å². The van der Waals surface area contributed by atoms with Crippen molar-refractivity contribution in [1.29, 1.82) is 0 Å².